The van der Waals surface area contributed by atoms with Crippen LogP contribution in [0.2, 0.25) is 0 Å². The number of aliphatic carboxylic acids is 1. The summed E-state index contributed by atoms with van der Waals surface area (Å²) in [5.41, 5.74) is -0.0383. The summed E-state index contributed by atoms with van der Waals surface area (Å²) in [6.45, 7) is 4.89. The molecule has 34 heavy (non-hydrogen) atoms. The minimum absolute atomic E-state index is 0.0781. The van der Waals surface area contributed by atoms with Crippen molar-refractivity contribution >= 4 is 17.6 Å². The van der Waals surface area contributed by atoms with Crippen LogP contribution in [0.5, 0.6) is 0 Å². The first-order chi connectivity index (χ1) is 16.2. The minimum atomic E-state index is -4.35. The van der Waals surface area contributed by atoms with Gasteiger partial charge in [-0.1, -0.05) is 12.5 Å². The second kappa shape index (κ2) is 10.5. The maximum atomic E-state index is 13.0. The molecule has 2 saturated heterocycles. The number of carbonyl (C=O) groups is 2. The third kappa shape index (κ3) is 6.03. The summed E-state index contributed by atoms with van der Waals surface area (Å²) in [7, 11) is 0. The van der Waals surface area contributed by atoms with Crippen LogP contribution in [0.1, 0.15) is 44.1 Å². The highest BCUT2D eigenvalue weighted by molar-refractivity contribution is 5.79. The van der Waals surface area contributed by atoms with E-state index in [-0.39, 0.29) is 30.1 Å². The van der Waals surface area contributed by atoms with E-state index in [1.165, 1.54) is 12.1 Å². The van der Waals surface area contributed by atoms with Crippen LogP contribution in [-0.4, -0.2) is 72.6 Å². The zero-order chi connectivity index (χ0) is 24.3. The number of anilines is 1. The van der Waals surface area contributed by atoms with Crippen molar-refractivity contribution < 1.29 is 27.9 Å². The van der Waals surface area contributed by atoms with Crippen LogP contribution in [-0.2, 0) is 15.8 Å². The molecule has 2 atom stereocenters. The number of hydrogen-bond acceptors (Lipinski definition) is 4. The third-order valence-corrected chi connectivity index (χ3v) is 7.82. The number of carboxylic acids is 1. The molecule has 0 unspecified atom stereocenters. The van der Waals surface area contributed by atoms with Gasteiger partial charge < -0.3 is 14.9 Å². The van der Waals surface area contributed by atoms with Crippen LogP contribution in [0.4, 0.5) is 18.9 Å². The molecule has 188 valence electrons. The van der Waals surface area contributed by atoms with E-state index in [4.69, 9.17) is 0 Å². The van der Waals surface area contributed by atoms with E-state index in [1.54, 1.807) is 6.07 Å². The summed E-state index contributed by atoms with van der Waals surface area (Å²) in [5, 5.41) is 9.35. The number of alkyl halides is 3. The van der Waals surface area contributed by atoms with Gasteiger partial charge in [0.2, 0.25) is 5.91 Å². The van der Waals surface area contributed by atoms with Crippen LogP contribution in [0.3, 0.4) is 0 Å². The maximum Gasteiger partial charge on any atom is 0.416 e. The number of likely N-dealkylation sites (tertiary alicyclic amines) is 1. The molecule has 0 aromatic heterocycles. The van der Waals surface area contributed by atoms with E-state index in [0.29, 0.717) is 31.9 Å². The van der Waals surface area contributed by atoms with E-state index in [1.807, 2.05) is 9.80 Å². The first kappa shape index (κ1) is 24.8. The van der Waals surface area contributed by atoms with Gasteiger partial charge in [-0.05, 0) is 62.3 Å². The first-order valence-corrected chi connectivity index (χ1v) is 12.4. The van der Waals surface area contributed by atoms with E-state index < -0.39 is 17.7 Å². The molecule has 1 aromatic carbocycles. The lowest BCUT2D eigenvalue weighted by Gasteiger charge is -2.42. The Labute approximate surface area is 198 Å². The Balaban J connectivity index is 1.30. The van der Waals surface area contributed by atoms with Gasteiger partial charge in [-0.25, -0.2) is 0 Å². The van der Waals surface area contributed by atoms with Crippen molar-refractivity contribution in [2.24, 2.45) is 17.8 Å². The molecule has 3 fully saturated rings. The summed E-state index contributed by atoms with van der Waals surface area (Å²) >= 11 is 0. The zero-order valence-electron chi connectivity index (χ0n) is 19.5. The van der Waals surface area contributed by atoms with Crippen LogP contribution in [0.15, 0.2) is 24.3 Å². The van der Waals surface area contributed by atoms with Gasteiger partial charge in [0.1, 0.15) is 0 Å². The Morgan fingerprint density at radius 1 is 1.00 bits per heavy atom. The summed E-state index contributed by atoms with van der Waals surface area (Å²) in [6.07, 6.45) is 0.400. The molecule has 2 heterocycles. The molecule has 1 aliphatic carbocycles. The van der Waals surface area contributed by atoms with Gasteiger partial charge in [0.15, 0.2) is 0 Å². The zero-order valence-corrected chi connectivity index (χ0v) is 19.5. The second-order valence-electron chi connectivity index (χ2n) is 9.98. The standard InChI is InChI=1S/C25H34F3N3O3/c26-25(27,28)21-5-2-6-22(16-21)30-13-11-29(12-14-30)9-7-20-17-31(24(34)18-3-1-4-18)10-8-19(20)15-23(32)33/h2,5-6,16,18-20H,1,3-4,7-15,17H2,(H,32,33)/t19-,20+/m0/s1. The summed E-state index contributed by atoms with van der Waals surface area (Å²) in [6, 6.07) is 5.47. The fourth-order valence-electron chi connectivity index (χ4n) is 5.47. The van der Waals surface area contributed by atoms with Crippen molar-refractivity contribution in [3.63, 3.8) is 0 Å². The molecule has 0 bridgehead atoms. The van der Waals surface area contributed by atoms with Crippen molar-refractivity contribution in [1.82, 2.24) is 9.80 Å². The molecule has 1 amide bonds. The number of amides is 1. The Morgan fingerprint density at radius 2 is 1.74 bits per heavy atom. The number of carbonyl (C=O) groups excluding carboxylic acids is 1. The monoisotopic (exact) mass is 481 g/mol. The quantitative estimate of drug-likeness (QED) is 0.639. The molecule has 1 N–H and O–H groups in total. The van der Waals surface area contributed by atoms with E-state index in [2.05, 4.69) is 4.90 Å². The Kier molecular flexibility index (Phi) is 7.70. The van der Waals surface area contributed by atoms with Crippen molar-refractivity contribution in [1.29, 1.82) is 0 Å². The normalized spacial score (nSPS) is 24.7. The fraction of sp³-hybridized carbons (Fsp3) is 0.680. The van der Waals surface area contributed by atoms with Crippen molar-refractivity contribution in [3.05, 3.63) is 29.8 Å². The highest BCUT2D eigenvalue weighted by Crippen LogP contribution is 2.34. The summed E-state index contributed by atoms with van der Waals surface area (Å²) < 4.78 is 39.1. The number of rotatable bonds is 7. The lowest BCUT2D eigenvalue weighted by atomic mass is 9.79. The van der Waals surface area contributed by atoms with Gasteiger partial charge in [-0.2, -0.15) is 13.2 Å². The highest BCUT2D eigenvalue weighted by atomic mass is 19.4. The second-order valence-corrected chi connectivity index (χ2v) is 9.98. The maximum absolute atomic E-state index is 13.0. The molecular weight excluding hydrogens is 447 g/mol. The van der Waals surface area contributed by atoms with Crippen LogP contribution < -0.4 is 4.90 Å². The number of nitrogens with zero attached hydrogens (tertiary/aromatic N) is 3. The van der Waals surface area contributed by atoms with E-state index in [0.717, 1.165) is 57.8 Å². The Hall–Kier alpha value is -2.29. The van der Waals surface area contributed by atoms with Crippen LogP contribution in [0.25, 0.3) is 0 Å². The topological polar surface area (TPSA) is 64.1 Å². The largest absolute Gasteiger partial charge is 0.481 e. The van der Waals surface area contributed by atoms with Crippen molar-refractivity contribution in [2.45, 2.75) is 44.7 Å². The predicted molar refractivity (Wildman–Crippen MR) is 122 cm³/mol. The molecular formula is C25H34F3N3O3. The molecule has 2 aliphatic heterocycles. The number of benzene rings is 1. The lowest BCUT2D eigenvalue weighted by Crippen LogP contribution is -2.50. The number of halogens is 3. The SMILES string of the molecule is O=C(O)C[C@@H]1CCN(C(=O)C2CCC2)C[C@H]1CCN1CCN(c2cccc(C(F)(F)F)c2)CC1. The van der Waals surface area contributed by atoms with Gasteiger partial charge in [-0.15, -0.1) is 0 Å². The molecule has 1 aromatic rings. The predicted octanol–water partition coefficient (Wildman–Crippen LogP) is 3.96. The van der Waals surface area contributed by atoms with Gasteiger partial charge in [-0.3, -0.25) is 14.5 Å². The number of hydrogen-bond donors (Lipinski definition) is 1. The molecule has 1 saturated carbocycles. The van der Waals surface area contributed by atoms with Gasteiger partial charge in [0.25, 0.3) is 0 Å². The summed E-state index contributed by atoms with van der Waals surface area (Å²) in [5.74, 6) is -0.159. The Bertz CT molecular complexity index is 866. The average Bonchev–Trinajstić information content (AvgIpc) is 2.77. The average molecular weight is 482 g/mol. The summed E-state index contributed by atoms with van der Waals surface area (Å²) in [4.78, 5) is 30.4. The number of carboxylic acid groups (broad SMARTS) is 1. The van der Waals surface area contributed by atoms with Crippen molar-refractivity contribution in [2.75, 3.05) is 50.7 Å². The lowest BCUT2D eigenvalue weighted by molar-refractivity contribution is -0.143. The molecule has 0 spiro atoms. The number of piperazine rings is 1. The number of piperidine rings is 1. The molecule has 4 rings (SSSR count). The van der Waals surface area contributed by atoms with E-state index in [9.17, 15) is 27.9 Å². The third-order valence-electron chi connectivity index (χ3n) is 7.82. The first-order valence-electron chi connectivity index (χ1n) is 12.4. The molecule has 6 nitrogen and oxygen atoms in total. The van der Waals surface area contributed by atoms with Crippen LogP contribution in [0, 0.1) is 17.8 Å². The minimum Gasteiger partial charge on any atom is -0.481 e. The highest BCUT2D eigenvalue weighted by Gasteiger charge is 2.37. The fourth-order valence-corrected chi connectivity index (χ4v) is 5.47. The van der Waals surface area contributed by atoms with Gasteiger partial charge in [0.05, 0.1) is 5.56 Å². The Morgan fingerprint density at radius 3 is 2.35 bits per heavy atom. The van der Waals surface area contributed by atoms with Gasteiger partial charge >= 0.3 is 12.1 Å². The van der Waals surface area contributed by atoms with Gasteiger partial charge in [0, 0.05) is 57.3 Å². The molecule has 0 radical (unpaired) electrons. The van der Waals surface area contributed by atoms with Crippen LogP contribution >= 0.6 is 0 Å². The van der Waals surface area contributed by atoms with Crippen molar-refractivity contribution in [3.8, 4) is 0 Å². The molecule has 9 heteroatoms. The molecule has 3 aliphatic rings. The smallest absolute Gasteiger partial charge is 0.416 e. The van der Waals surface area contributed by atoms with E-state index >= 15 is 0 Å².